The quantitative estimate of drug-likeness (QED) is 0.823. The van der Waals surface area contributed by atoms with E-state index in [9.17, 15) is 5.11 Å². The number of aliphatic hydroxyl groups excluding tert-OH is 1. The molecule has 90 valence electrons. The van der Waals surface area contributed by atoms with Gasteiger partial charge in [0.25, 0.3) is 0 Å². The number of hydrogen-bond acceptors (Lipinski definition) is 3. The van der Waals surface area contributed by atoms with Crippen molar-refractivity contribution in [2.45, 2.75) is 20.0 Å². The van der Waals surface area contributed by atoms with Crippen LogP contribution in [-0.2, 0) is 4.74 Å². The monoisotopic (exact) mass is 232 g/mol. The summed E-state index contributed by atoms with van der Waals surface area (Å²) in [7, 11) is 0. The van der Waals surface area contributed by atoms with Crippen LogP contribution in [0.25, 0.3) is 11.4 Å². The maximum absolute atomic E-state index is 9.50. The van der Waals surface area contributed by atoms with Crippen molar-refractivity contribution in [1.82, 2.24) is 9.38 Å². The molecule has 2 rings (SSSR count). The molecule has 1 atom stereocenters. The van der Waals surface area contributed by atoms with E-state index in [1.54, 1.807) is 13.1 Å². The maximum atomic E-state index is 9.50. The minimum atomic E-state index is -0.491. The lowest BCUT2D eigenvalue weighted by Gasteiger charge is -2.08. The molecule has 0 saturated heterocycles. The van der Waals surface area contributed by atoms with E-state index in [0.29, 0.717) is 12.4 Å². The Hall–Kier alpha value is -1.81. The van der Waals surface area contributed by atoms with Gasteiger partial charge in [0.2, 0.25) is 0 Å². The zero-order valence-corrected chi connectivity index (χ0v) is 10.1. The summed E-state index contributed by atoms with van der Waals surface area (Å²) >= 11 is 0. The topological polar surface area (TPSA) is 46.8 Å². The number of ether oxygens (including phenoxy) is 1. The summed E-state index contributed by atoms with van der Waals surface area (Å²) in [4.78, 5) is 4.28. The van der Waals surface area contributed by atoms with Gasteiger partial charge >= 0.3 is 0 Å². The van der Waals surface area contributed by atoms with Crippen molar-refractivity contribution >= 4 is 11.4 Å². The third-order valence-electron chi connectivity index (χ3n) is 2.62. The van der Waals surface area contributed by atoms with Gasteiger partial charge in [-0.2, -0.15) is 0 Å². The molecule has 0 bridgehead atoms. The lowest BCUT2D eigenvalue weighted by Crippen LogP contribution is -1.97. The second kappa shape index (κ2) is 4.59. The van der Waals surface area contributed by atoms with Crippen LogP contribution >= 0.6 is 0 Å². The van der Waals surface area contributed by atoms with Gasteiger partial charge in [-0.05, 0) is 31.5 Å². The molecular weight excluding hydrogens is 216 g/mol. The number of aromatic nitrogens is 2. The molecule has 2 aromatic rings. The Morgan fingerprint density at radius 2 is 2.41 bits per heavy atom. The highest BCUT2D eigenvalue weighted by atomic mass is 16.5. The summed E-state index contributed by atoms with van der Waals surface area (Å²) in [6, 6.07) is 3.72. The van der Waals surface area contributed by atoms with E-state index in [1.165, 1.54) is 0 Å². The van der Waals surface area contributed by atoms with Gasteiger partial charge in [0.15, 0.2) is 0 Å². The van der Waals surface area contributed by atoms with Crippen LogP contribution in [0.5, 0.6) is 0 Å². The number of aliphatic hydroxyl groups is 1. The zero-order chi connectivity index (χ0) is 12.4. The molecule has 0 aliphatic heterocycles. The Morgan fingerprint density at radius 1 is 1.65 bits per heavy atom. The molecular formula is C13H16N2O2. The molecule has 1 unspecified atom stereocenters. The van der Waals surface area contributed by atoms with Crippen molar-refractivity contribution < 1.29 is 9.84 Å². The van der Waals surface area contributed by atoms with Crippen molar-refractivity contribution in [3.05, 3.63) is 42.4 Å². The molecule has 4 nitrogen and oxygen atoms in total. The van der Waals surface area contributed by atoms with E-state index in [0.717, 1.165) is 16.9 Å². The summed E-state index contributed by atoms with van der Waals surface area (Å²) in [5, 5.41) is 9.50. The van der Waals surface area contributed by atoms with Crippen LogP contribution in [0.3, 0.4) is 0 Å². The minimum absolute atomic E-state index is 0.491. The van der Waals surface area contributed by atoms with Crippen LogP contribution in [0.1, 0.15) is 31.2 Å². The molecule has 0 radical (unpaired) electrons. The van der Waals surface area contributed by atoms with Crippen LogP contribution < -0.4 is 0 Å². The average Bonchev–Trinajstić information content (AvgIpc) is 2.71. The Morgan fingerprint density at radius 3 is 3.06 bits per heavy atom. The number of imidazole rings is 1. The van der Waals surface area contributed by atoms with Crippen LogP contribution in [0.2, 0.25) is 0 Å². The van der Waals surface area contributed by atoms with E-state index in [1.807, 2.05) is 29.7 Å². The molecule has 4 heteroatoms. The fourth-order valence-electron chi connectivity index (χ4n) is 1.71. The number of fused-ring (bicyclic) bond motifs is 1. The summed E-state index contributed by atoms with van der Waals surface area (Å²) < 4.78 is 7.26. The molecule has 0 fully saturated rings. The zero-order valence-electron chi connectivity index (χ0n) is 10.1. The van der Waals surface area contributed by atoms with Gasteiger partial charge in [-0.1, -0.05) is 6.58 Å². The average molecular weight is 232 g/mol. The highest BCUT2D eigenvalue weighted by Gasteiger charge is 2.09. The van der Waals surface area contributed by atoms with Crippen molar-refractivity contribution in [2.24, 2.45) is 0 Å². The maximum Gasteiger partial charge on any atom is 0.137 e. The first-order chi connectivity index (χ1) is 8.13. The first kappa shape index (κ1) is 11.7. The standard InChI is InChI=1S/C13H16N2O2/c1-4-17-10(3)12-8-14-13-7-11(9(2)16)5-6-15(12)13/h5-9,16H,3-4H2,1-2H3. The minimum Gasteiger partial charge on any atom is -0.492 e. The summed E-state index contributed by atoms with van der Waals surface area (Å²) in [5.41, 5.74) is 2.45. The first-order valence-electron chi connectivity index (χ1n) is 5.60. The number of pyridine rings is 1. The van der Waals surface area contributed by atoms with Gasteiger partial charge in [0, 0.05) is 6.20 Å². The highest BCUT2D eigenvalue weighted by Crippen LogP contribution is 2.19. The second-order valence-electron chi connectivity index (χ2n) is 3.86. The van der Waals surface area contributed by atoms with Crippen molar-refractivity contribution in [3.63, 3.8) is 0 Å². The fraction of sp³-hybridized carbons (Fsp3) is 0.308. The van der Waals surface area contributed by atoms with E-state index in [2.05, 4.69) is 11.6 Å². The Bertz CT molecular complexity index is 543. The van der Waals surface area contributed by atoms with Gasteiger partial charge in [-0.25, -0.2) is 4.98 Å². The normalized spacial score (nSPS) is 12.6. The fourth-order valence-corrected chi connectivity index (χ4v) is 1.71. The SMILES string of the molecule is C=C(OCC)c1cnc2cc(C(C)O)ccn12. The molecule has 2 aromatic heterocycles. The van der Waals surface area contributed by atoms with Crippen LogP contribution in [0.4, 0.5) is 0 Å². The van der Waals surface area contributed by atoms with Gasteiger partial charge in [0.05, 0.1) is 18.9 Å². The van der Waals surface area contributed by atoms with Crippen molar-refractivity contribution in [2.75, 3.05) is 6.61 Å². The van der Waals surface area contributed by atoms with Gasteiger partial charge in [-0.15, -0.1) is 0 Å². The highest BCUT2D eigenvalue weighted by molar-refractivity contribution is 5.59. The summed E-state index contributed by atoms with van der Waals surface area (Å²) in [6.07, 6.45) is 3.10. The number of hydrogen-bond donors (Lipinski definition) is 1. The molecule has 2 heterocycles. The van der Waals surface area contributed by atoms with E-state index in [4.69, 9.17) is 4.74 Å². The Labute approximate surface area is 100 Å². The molecule has 0 amide bonds. The van der Waals surface area contributed by atoms with Gasteiger partial charge in [-0.3, -0.25) is 4.40 Å². The Balaban J connectivity index is 2.45. The Kier molecular flexibility index (Phi) is 3.15. The number of rotatable bonds is 4. The van der Waals surface area contributed by atoms with E-state index >= 15 is 0 Å². The molecule has 0 saturated carbocycles. The first-order valence-corrected chi connectivity index (χ1v) is 5.60. The predicted octanol–water partition coefficient (Wildman–Crippen LogP) is 2.39. The molecule has 0 aromatic carbocycles. The molecule has 0 aliphatic carbocycles. The van der Waals surface area contributed by atoms with Crippen molar-refractivity contribution in [1.29, 1.82) is 0 Å². The summed E-state index contributed by atoms with van der Waals surface area (Å²) in [5.74, 6) is 0.602. The molecule has 17 heavy (non-hydrogen) atoms. The second-order valence-corrected chi connectivity index (χ2v) is 3.86. The smallest absolute Gasteiger partial charge is 0.137 e. The third kappa shape index (κ3) is 2.17. The lowest BCUT2D eigenvalue weighted by molar-refractivity contribution is 0.199. The molecule has 0 aliphatic rings. The largest absolute Gasteiger partial charge is 0.492 e. The van der Waals surface area contributed by atoms with Crippen LogP contribution in [0.15, 0.2) is 31.1 Å². The van der Waals surface area contributed by atoms with Crippen molar-refractivity contribution in [3.8, 4) is 0 Å². The van der Waals surface area contributed by atoms with Crippen LogP contribution in [0, 0.1) is 0 Å². The molecule has 1 N–H and O–H groups in total. The predicted molar refractivity (Wildman–Crippen MR) is 66.5 cm³/mol. The van der Waals surface area contributed by atoms with Crippen LogP contribution in [-0.4, -0.2) is 21.1 Å². The summed E-state index contributed by atoms with van der Waals surface area (Å²) in [6.45, 7) is 8.09. The van der Waals surface area contributed by atoms with Gasteiger partial charge in [0.1, 0.15) is 17.1 Å². The number of nitrogens with zero attached hydrogens (tertiary/aromatic N) is 2. The van der Waals surface area contributed by atoms with Gasteiger partial charge < -0.3 is 9.84 Å². The van der Waals surface area contributed by atoms with E-state index in [-0.39, 0.29) is 0 Å². The molecule has 0 spiro atoms. The lowest BCUT2D eigenvalue weighted by atomic mass is 10.2. The third-order valence-corrected chi connectivity index (χ3v) is 2.62. The van der Waals surface area contributed by atoms with E-state index < -0.39 is 6.10 Å².